The summed E-state index contributed by atoms with van der Waals surface area (Å²) in [4.78, 5) is 75.3. The normalized spacial score (nSPS) is 20.9. The lowest BCUT2D eigenvalue weighted by Crippen LogP contribution is -2.58. The SMILES string of the molecule is CC(C)C[C@H](NC(=O)c1ccccc1)C(=O)O.C[C@@H](O)[C@H](N)C(=O)N1CCC[C@H]1C(=O)N1CCC[C@H]1C(=O)N[C@H](C(N)=O)[C@@H](C)O. The number of likely N-dealkylation sites (tertiary alicyclic amines) is 2. The fourth-order valence-electron chi connectivity index (χ4n) is 5.38. The zero-order chi connectivity index (χ0) is 34.7. The molecule has 3 rings (SSSR count). The van der Waals surface area contributed by atoms with Crippen LogP contribution in [0.2, 0.25) is 0 Å². The lowest BCUT2D eigenvalue weighted by molar-refractivity contribution is -0.148. The molecule has 0 spiro atoms. The summed E-state index contributed by atoms with van der Waals surface area (Å²) in [7, 11) is 0. The Morgan fingerprint density at radius 2 is 1.43 bits per heavy atom. The van der Waals surface area contributed by atoms with Gasteiger partial charge in [0.25, 0.3) is 5.91 Å². The van der Waals surface area contributed by atoms with Crippen molar-refractivity contribution in [3.8, 4) is 0 Å². The predicted molar refractivity (Wildman–Crippen MR) is 167 cm³/mol. The van der Waals surface area contributed by atoms with Gasteiger partial charge in [-0.2, -0.15) is 0 Å². The minimum atomic E-state index is -1.26. The highest BCUT2D eigenvalue weighted by Gasteiger charge is 2.44. The van der Waals surface area contributed by atoms with E-state index in [0.29, 0.717) is 50.8 Å². The molecule has 0 bridgehead atoms. The number of hydrogen-bond acceptors (Lipinski definition) is 9. The van der Waals surface area contributed by atoms with Gasteiger partial charge in [-0.25, -0.2) is 4.79 Å². The summed E-state index contributed by atoms with van der Waals surface area (Å²) in [5, 5.41) is 33.2. The molecule has 0 radical (unpaired) electrons. The number of nitrogens with two attached hydrogens (primary N) is 2. The largest absolute Gasteiger partial charge is 0.480 e. The van der Waals surface area contributed by atoms with Crippen LogP contribution in [0.1, 0.15) is 70.2 Å². The van der Waals surface area contributed by atoms with Crippen LogP contribution in [0.5, 0.6) is 0 Å². The minimum Gasteiger partial charge on any atom is -0.480 e. The highest BCUT2D eigenvalue weighted by molar-refractivity contribution is 5.97. The average Bonchev–Trinajstić information content (AvgIpc) is 3.69. The molecule has 46 heavy (non-hydrogen) atoms. The van der Waals surface area contributed by atoms with Gasteiger partial charge in [0.1, 0.15) is 30.2 Å². The molecule has 2 saturated heterocycles. The number of benzene rings is 1. The molecule has 15 heteroatoms. The standard InChI is InChI=1S/C18H31N5O6.C13H17NO3/c1-9(24)13(19)18(29)23-8-4-6-12(23)17(28)22-7-3-5-11(22)16(27)21-14(10(2)25)15(20)26;1-9(2)8-11(13(16)17)14-12(15)10-6-4-3-5-7-10/h9-14,24-25H,3-8,19H2,1-2H3,(H2,20,26)(H,21,27);3-7,9,11H,8H2,1-2H3,(H,14,15)(H,16,17)/t9-,10-,11+,12+,13+,14+;11-/m10/s1. The zero-order valence-corrected chi connectivity index (χ0v) is 26.8. The number of nitrogens with one attached hydrogen (secondary N) is 2. The number of carbonyl (C=O) groups is 6. The zero-order valence-electron chi connectivity index (χ0n) is 26.8. The van der Waals surface area contributed by atoms with Crippen LogP contribution in [0.3, 0.4) is 0 Å². The van der Waals surface area contributed by atoms with Gasteiger partial charge in [-0.05, 0) is 64.0 Å². The second kappa shape index (κ2) is 17.6. The number of primary amides is 1. The molecule has 0 unspecified atom stereocenters. The van der Waals surface area contributed by atoms with Crippen LogP contribution in [-0.4, -0.2) is 116 Å². The van der Waals surface area contributed by atoms with Gasteiger partial charge in [0, 0.05) is 18.7 Å². The maximum absolute atomic E-state index is 13.1. The Kier molecular flexibility index (Phi) is 14.6. The molecule has 0 aromatic heterocycles. The summed E-state index contributed by atoms with van der Waals surface area (Å²) >= 11 is 0. The van der Waals surface area contributed by atoms with Crippen molar-refractivity contribution in [1.29, 1.82) is 0 Å². The molecule has 0 saturated carbocycles. The van der Waals surface area contributed by atoms with E-state index in [1.807, 2.05) is 13.8 Å². The number of carboxylic acid groups (broad SMARTS) is 1. The molecule has 1 aromatic rings. The van der Waals surface area contributed by atoms with E-state index in [4.69, 9.17) is 16.6 Å². The summed E-state index contributed by atoms with van der Waals surface area (Å²) in [6.07, 6.45) is 0.255. The van der Waals surface area contributed by atoms with E-state index < -0.39 is 66.1 Å². The summed E-state index contributed by atoms with van der Waals surface area (Å²) in [5.41, 5.74) is 11.4. The number of rotatable bonds is 12. The number of carbonyl (C=O) groups excluding carboxylic acids is 5. The van der Waals surface area contributed by atoms with Crippen LogP contribution < -0.4 is 22.1 Å². The number of hydrogen-bond donors (Lipinski definition) is 7. The monoisotopic (exact) mass is 648 g/mol. The Bertz CT molecular complexity index is 1230. The van der Waals surface area contributed by atoms with Gasteiger partial charge in [-0.3, -0.25) is 24.0 Å². The number of carboxylic acids is 1. The van der Waals surface area contributed by atoms with Crippen LogP contribution in [-0.2, 0) is 24.0 Å². The van der Waals surface area contributed by atoms with Crippen molar-refractivity contribution in [3.63, 3.8) is 0 Å². The first kappa shape index (κ1) is 38.1. The Balaban J connectivity index is 0.000000368. The summed E-state index contributed by atoms with van der Waals surface area (Å²) in [6.45, 7) is 7.28. The molecule has 256 valence electrons. The van der Waals surface area contributed by atoms with Crippen molar-refractivity contribution in [2.24, 2.45) is 17.4 Å². The third kappa shape index (κ3) is 10.5. The van der Waals surface area contributed by atoms with Crippen LogP contribution in [0.15, 0.2) is 30.3 Å². The Hall–Kier alpha value is -4.08. The lowest BCUT2D eigenvalue weighted by atomic mass is 10.0. The van der Waals surface area contributed by atoms with Crippen LogP contribution >= 0.6 is 0 Å². The van der Waals surface area contributed by atoms with Crippen molar-refractivity contribution in [2.75, 3.05) is 13.1 Å². The first-order valence-corrected chi connectivity index (χ1v) is 15.5. The van der Waals surface area contributed by atoms with E-state index in [0.717, 1.165) is 0 Å². The molecule has 15 nitrogen and oxygen atoms in total. The number of amides is 5. The number of aliphatic carboxylic acids is 1. The number of aliphatic hydroxyl groups excluding tert-OH is 2. The molecule has 1 aromatic carbocycles. The van der Waals surface area contributed by atoms with Crippen LogP contribution in [0.25, 0.3) is 0 Å². The summed E-state index contributed by atoms with van der Waals surface area (Å²) in [6, 6.07) is 3.84. The van der Waals surface area contributed by atoms with Crippen molar-refractivity contribution in [2.45, 2.75) is 102 Å². The van der Waals surface area contributed by atoms with Crippen molar-refractivity contribution >= 4 is 35.5 Å². The third-order valence-electron chi connectivity index (χ3n) is 7.90. The molecule has 2 heterocycles. The molecule has 7 atom stereocenters. The van der Waals surface area contributed by atoms with E-state index in [1.54, 1.807) is 30.3 Å². The van der Waals surface area contributed by atoms with Crippen LogP contribution in [0, 0.1) is 5.92 Å². The Morgan fingerprint density at radius 3 is 1.93 bits per heavy atom. The average molecular weight is 649 g/mol. The second-order valence-corrected chi connectivity index (χ2v) is 12.1. The van der Waals surface area contributed by atoms with Gasteiger partial charge in [0.15, 0.2) is 0 Å². The topological polar surface area (TPSA) is 246 Å². The molecule has 9 N–H and O–H groups in total. The van der Waals surface area contributed by atoms with E-state index in [-0.39, 0.29) is 17.7 Å². The fourth-order valence-corrected chi connectivity index (χ4v) is 5.38. The maximum atomic E-state index is 13.1. The molecule has 0 aliphatic carbocycles. The minimum absolute atomic E-state index is 0.215. The summed E-state index contributed by atoms with van der Waals surface area (Å²) in [5.74, 6) is -3.44. The van der Waals surface area contributed by atoms with Gasteiger partial charge in [0.05, 0.1) is 12.2 Å². The quantitative estimate of drug-likeness (QED) is 0.145. The highest BCUT2D eigenvalue weighted by atomic mass is 16.4. The van der Waals surface area contributed by atoms with Gasteiger partial charge in [-0.1, -0.05) is 32.0 Å². The Labute approximate surface area is 268 Å². The first-order chi connectivity index (χ1) is 21.6. The van der Waals surface area contributed by atoms with Gasteiger partial charge >= 0.3 is 5.97 Å². The number of nitrogens with zero attached hydrogens (tertiary/aromatic N) is 2. The van der Waals surface area contributed by atoms with Gasteiger partial charge in [0.2, 0.25) is 23.6 Å². The number of aliphatic hydroxyl groups is 2. The van der Waals surface area contributed by atoms with Crippen molar-refractivity contribution in [1.82, 2.24) is 20.4 Å². The van der Waals surface area contributed by atoms with Crippen molar-refractivity contribution in [3.05, 3.63) is 35.9 Å². The molecule has 5 amide bonds. The van der Waals surface area contributed by atoms with E-state index in [9.17, 15) is 39.0 Å². The molecule has 2 fully saturated rings. The van der Waals surface area contributed by atoms with E-state index in [1.165, 1.54) is 23.6 Å². The first-order valence-electron chi connectivity index (χ1n) is 15.5. The maximum Gasteiger partial charge on any atom is 0.326 e. The van der Waals surface area contributed by atoms with E-state index in [2.05, 4.69) is 10.6 Å². The molecule has 2 aliphatic rings. The smallest absolute Gasteiger partial charge is 0.326 e. The fraction of sp³-hybridized carbons (Fsp3) is 0.613. The highest BCUT2D eigenvalue weighted by Crippen LogP contribution is 2.26. The van der Waals surface area contributed by atoms with Gasteiger partial charge in [-0.15, -0.1) is 0 Å². The molecule has 2 aliphatic heterocycles. The predicted octanol–water partition coefficient (Wildman–Crippen LogP) is -1.06. The lowest BCUT2D eigenvalue weighted by Gasteiger charge is -2.33. The van der Waals surface area contributed by atoms with Gasteiger partial charge < -0.3 is 47.2 Å². The van der Waals surface area contributed by atoms with E-state index >= 15 is 0 Å². The molecular weight excluding hydrogens is 600 g/mol. The van der Waals surface area contributed by atoms with Crippen LogP contribution in [0.4, 0.5) is 0 Å². The summed E-state index contributed by atoms with van der Waals surface area (Å²) < 4.78 is 0. The van der Waals surface area contributed by atoms with Crippen molar-refractivity contribution < 1.29 is 44.1 Å². The Morgan fingerprint density at radius 1 is 0.870 bits per heavy atom. The second-order valence-electron chi connectivity index (χ2n) is 12.1. The molecular formula is C31H48N6O9. The third-order valence-corrected chi connectivity index (χ3v) is 7.90.